The fourth-order valence-corrected chi connectivity index (χ4v) is 0.882. The van der Waals surface area contributed by atoms with Crippen LogP contribution in [0.15, 0.2) is 12.2 Å². The van der Waals surface area contributed by atoms with Gasteiger partial charge >= 0.3 is 0 Å². The summed E-state index contributed by atoms with van der Waals surface area (Å²) in [6, 6.07) is 0. The Bertz CT molecular complexity index is 191. The molecular weight excluding hydrogens is 208 g/mol. The third-order valence-electron chi connectivity index (χ3n) is 1.63. The Kier molecular flexibility index (Phi) is 13.2. The van der Waals surface area contributed by atoms with Gasteiger partial charge < -0.3 is 10.8 Å². The molecule has 1 amide bonds. The van der Waals surface area contributed by atoms with Gasteiger partial charge in [0.05, 0.1) is 6.61 Å². The van der Waals surface area contributed by atoms with Crippen LogP contribution in [0, 0.1) is 0 Å². The van der Waals surface area contributed by atoms with Gasteiger partial charge in [-0.25, -0.2) is 16.0 Å². The maximum absolute atomic E-state index is 11.4. The summed E-state index contributed by atoms with van der Waals surface area (Å²) in [5, 5.41) is 9.05. The van der Waals surface area contributed by atoms with Crippen LogP contribution in [0.2, 0.25) is 0 Å². The highest BCUT2D eigenvalue weighted by Crippen LogP contribution is 2.03. The predicted molar refractivity (Wildman–Crippen MR) is 65.2 cm³/mol. The number of nitrogens with zero attached hydrogens (tertiary/aromatic N) is 1. The molecule has 0 heterocycles. The molecule has 5 N–H and O–H groups in total. The van der Waals surface area contributed by atoms with E-state index in [4.69, 9.17) is 10.8 Å². The number of carbonyl (C=O) groups excluding carboxylic acids is 1. The molecule has 0 aromatic rings. The molecule has 0 saturated heterocycles. The van der Waals surface area contributed by atoms with Crippen molar-refractivity contribution in [3.63, 3.8) is 0 Å². The van der Waals surface area contributed by atoms with Crippen LogP contribution in [-0.4, -0.2) is 43.4 Å². The SMILES string of the molecule is C=C(CCC)C(=O)N(NC)NC.NCCO. The molecule has 0 aromatic carbocycles. The van der Waals surface area contributed by atoms with Gasteiger partial charge in [0.25, 0.3) is 5.91 Å². The molecule has 0 spiro atoms. The van der Waals surface area contributed by atoms with E-state index >= 15 is 0 Å². The first-order valence-electron chi connectivity index (χ1n) is 5.26. The van der Waals surface area contributed by atoms with Crippen molar-refractivity contribution in [1.29, 1.82) is 0 Å². The number of nitrogens with two attached hydrogens (primary N) is 1. The predicted octanol–water partition coefficient (Wildman–Crippen LogP) is -0.622. The lowest BCUT2D eigenvalue weighted by Gasteiger charge is -2.20. The Labute approximate surface area is 97.4 Å². The molecule has 16 heavy (non-hydrogen) atoms. The van der Waals surface area contributed by atoms with Crippen LogP contribution in [0.5, 0.6) is 0 Å². The second kappa shape index (κ2) is 12.1. The lowest BCUT2D eigenvalue weighted by molar-refractivity contribution is -0.133. The molecule has 0 unspecified atom stereocenters. The summed E-state index contributed by atoms with van der Waals surface area (Å²) in [5.41, 5.74) is 10.8. The van der Waals surface area contributed by atoms with Gasteiger partial charge in [0.15, 0.2) is 0 Å². The number of hydrogen-bond acceptors (Lipinski definition) is 5. The van der Waals surface area contributed by atoms with Gasteiger partial charge in [-0.1, -0.05) is 19.9 Å². The van der Waals surface area contributed by atoms with E-state index in [0.29, 0.717) is 12.1 Å². The Morgan fingerprint density at radius 1 is 1.44 bits per heavy atom. The smallest absolute Gasteiger partial charge is 0.278 e. The zero-order valence-corrected chi connectivity index (χ0v) is 10.4. The molecule has 0 atom stereocenters. The molecule has 0 aromatic heterocycles. The minimum Gasteiger partial charge on any atom is -0.395 e. The maximum Gasteiger partial charge on any atom is 0.278 e. The van der Waals surface area contributed by atoms with E-state index < -0.39 is 0 Å². The summed E-state index contributed by atoms with van der Waals surface area (Å²) in [6.07, 6.45) is 1.67. The molecule has 0 saturated carbocycles. The number of rotatable bonds is 6. The fraction of sp³-hybridized carbons (Fsp3) is 0.700. The van der Waals surface area contributed by atoms with Crippen molar-refractivity contribution in [2.75, 3.05) is 27.2 Å². The number of carbonyl (C=O) groups is 1. The second-order valence-corrected chi connectivity index (χ2v) is 2.95. The lowest BCUT2D eigenvalue weighted by Crippen LogP contribution is -2.48. The molecular formula is C10H24N4O2. The third kappa shape index (κ3) is 8.37. The van der Waals surface area contributed by atoms with Gasteiger partial charge in [-0.3, -0.25) is 4.79 Å². The molecule has 0 fully saturated rings. The molecule has 0 rings (SSSR count). The summed E-state index contributed by atoms with van der Waals surface area (Å²) in [7, 11) is 3.35. The van der Waals surface area contributed by atoms with E-state index in [1.165, 1.54) is 5.12 Å². The molecule has 0 radical (unpaired) electrons. The molecule has 0 aliphatic rings. The van der Waals surface area contributed by atoms with Crippen LogP contribution in [0.4, 0.5) is 0 Å². The number of hydrazine groups is 2. The van der Waals surface area contributed by atoms with Crippen molar-refractivity contribution in [2.45, 2.75) is 19.8 Å². The number of aliphatic hydroxyl groups excluding tert-OH is 1. The van der Waals surface area contributed by atoms with Crippen molar-refractivity contribution in [3.05, 3.63) is 12.2 Å². The normalized spacial score (nSPS) is 9.06. The number of aliphatic hydroxyl groups is 1. The van der Waals surface area contributed by atoms with Crippen LogP contribution in [-0.2, 0) is 4.79 Å². The van der Waals surface area contributed by atoms with Gasteiger partial charge in [-0.15, -0.1) is 0 Å². The topological polar surface area (TPSA) is 90.6 Å². The van der Waals surface area contributed by atoms with E-state index in [2.05, 4.69) is 17.4 Å². The first-order chi connectivity index (χ1) is 7.58. The van der Waals surface area contributed by atoms with Crippen molar-refractivity contribution < 1.29 is 9.90 Å². The van der Waals surface area contributed by atoms with Crippen LogP contribution in [0.3, 0.4) is 0 Å². The van der Waals surface area contributed by atoms with E-state index in [-0.39, 0.29) is 12.5 Å². The van der Waals surface area contributed by atoms with E-state index in [0.717, 1.165) is 12.8 Å². The van der Waals surface area contributed by atoms with Gasteiger partial charge in [-0.2, -0.15) is 0 Å². The molecule has 96 valence electrons. The summed E-state index contributed by atoms with van der Waals surface area (Å²) in [4.78, 5) is 11.4. The van der Waals surface area contributed by atoms with Crippen LogP contribution in [0.1, 0.15) is 19.8 Å². The largest absolute Gasteiger partial charge is 0.395 e. The molecule has 0 aliphatic carbocycles. The minimum atomic E-state index is -0.109. The third-order valence-corrected chi connectivity index (χ3v) is 1.63. The second-order valence-electron chi connectivity index (χ2n) is 2.95. The van der Waals surface area contributed by atoms with Crippen LogP contribution in [0.25, 0.3) is 0 Å². The summed E-state index contributed by atoms with van der Waals surface area (Å²) in [6.45, 7) is 6.18. The average Bonchev–Trinajstić information content (AvgIpc) is 2.31. The molecule has 0 bridgehead atoms. The Hall–Kier alpha value is -0.950. The average molecular weight is 232 g/mol. The Morgan fingerprint density at radius 3 is 2.12 bits per heavy atom. The van der Waals surface area contributed by atoms with E-state index in [1.807, 2.05) is 6.92 Å². The molecule has 6 heteroatoms. The number of nitrogens with one attached hydrogen (secondary N) is 2. The maximum atomic E-state index is 11.4. The first-order valence-corrected chi connectivity index (χ1v) is 5.26. The lowest BCUT2D eigenvalue weighted by atomic mass is 10.2. The Balaban J connectivity index is 0. The highest BCUT2D eigenvalue weighted by atomic mass is 16.3. The summed E-state index contributed by atoms with van der Waals surface area (Å²) >= 11 is 0. The monoisotopic (exact) mass is 232 g/mol. The van der Waals surface area contributed by atoms with Crippen molar-refractivity contribution >= 4 is 5.91 Å². The standard InChI is InChI=1S/C8H17N3O.C2H7NO/c1-5-6-7(2)8(12)11(9-3)10-4;3-1-2-4/h9-10H,2,5-6H2,1,3-4H3;4H,1-3H2. The summed E-state index contributed by atoms with van der Waals surface area (Å²) in [5.74, 6) is -0.109. The zero-order valence-electron chi connectivity index (χ0n) is 10.4. The van der Waals surface area contributed by atoms with Crippen LogP contribution >= 0.6 is 0 Å². The van der Waals surface area contributed by atoms with E-state index in [9.17, 15) is 4.79 Å². The van der Waals surface area contributed by atoms with Crippen molar-refractivity contribution in [3.8, 4) is 0 Å². The minimum absolute atomic E-state index is 0.0972. The van der Waals surface area contributed by atoms with Gasteiger partial charge in [0, 0.05) is 26.2 Å². The quantitative estimate of drug-likeness (QED) is 0.362. The van der Waals surface area contributed by atoms with Gasteiger partial charge in [0.1, 0.15) is 0 Å². The first kappa shape index (κ1) is 17.4. The van der Waals surface area contributed by atoms with Crippen LogP contribution < -0.4 is 16.6 Å². The summed E-state index contributed by atoms with van der Waals surface area (Å²) < 4.78 is 0. The number of hydrogen-bond donors (Lipinski definition) is 4. The highest BCUT2D eigenvalue weighted by Gasteiger charge is 2.12. The number of amides is 1. The van der Waals surface area contributed by atoms with Gasteiger partial charge in [0.2, 0.25) is 0 Å². The molecule has 0 aliphatic heterocycles. The van der Waals surface area contributed by atoms with Crippen molar-refractivity contribution in [1.82, 2.24) is 16.0 Å². The van der Waals surface area contributed by atoms with E-state index in [1.54, 1.807) is 14.1 Å². The van der Waals surface area contributed by atoms with Crippen molar-refractivity contribution in [2.24, 2.45) is 5.73 Å². The highest BCUT2D eigenvalue weighted by molar-refractivity contribution is 5.92. The molecule has 6 nitrogen and oxygen atoms in total. The Morgan fingerprint density at radius 2 is 1.88 bits per heavy atom. The zero-order chi connectivity index (χ0) is 13.0. The van der Waals surface area contributed by atoms with Gasteiger partial charge in [-0.05, 0) is 6.42 Å². The fourth-order valence-electron chi connectivity index (χ4n) is 0.882.